The lowest BCUT2D eigenvalue weighted by Gasteiger charge is -2.11. The Bertz CT molecular complexity index is 635. The summed E-state index contributed by atoms with van der Waals surface area (Å²) in [5, 5.41) is 8.70. The van der Waals surface area contributed by atoms with Crippen molar-refractivity contribution in [2.45, 2.75) is 40.4 Å². The largest absolute Gasteiger partial charge is 0.363 e. The Balaban J connectivity index is 0.00000288. The average molecular weight is 372 g/mol. The zero-order valence-corrected chi connectivity index (χ0v) is 16.6. The third-order valence-electron chi connectivity index (χ3n) is 3.62. The summed E-state index contributed by atoms with van der Waals surface area (Å²) in [6.07, 6.45) is 1.90. The fourth-order valence-electron chi connectivity index (χ4n) is 2.38. The maximum absolute atomic E-state index is 6.45. The van der Waals surface area contributed by atoms with Crippen LogP contribution in [0.5, 0.6) is 0 Å². The van der Waals surface area contributed by atoms with E-state index in [0.717, 1.165) is 40.9 Å². The number of pyridine rings is 1. The third kappa shape index (κ3) is 5.36. The molecule has 7 heteroatoms. The fraction of sp³-hybridized carbons (Fsp3) is 0.529. The van der Waals surface area contributed by atoms with Crippen molar-refractivity contribution in [2.75, 3.05) is 19.0 Å². The Kier molecular flexibility index (Phi) is 8.00. The van der Waals surface area contributed by atoms with Gasteiger partial charge in [-0.1, -0.05) is 31.5 Å². The van der Waals surface area contributed by atoms with Crippen LogP contribution >= 0.6 is 24.0 Å². The molecule has 5 nitrogen and oxygen atoms in total. The number of halogens is 2. The van der Waals surface area contributed by atoms with Crippen LogP contribution in [0.15, 0.2) is 18.3 Å². The normalized spacial score (nSPS) is 10.8. The van der Waals surface area contributed by atoms with Crippen LogP contribution in [0.4, 0.5) is 5.82 Å². The van der Waals surface area contributed by atoms with Gasteiger partial charge in [-0.2, -0.15) is 5.10 Å². The molecule has 0 radical (unpaired) electrons. The van der Waals surface area contributed by atoms with E-state index in [-0.39, 0.29) is 12.4 Å². The van der Waals surface area contributed by atoms with Crippen LogP contribution in [-0.2, 0) is 19.6 Å². The lowest BCUT2D eigenvalue weighted by molar-refractivity contribution is 0.481. The van der Waals surface area contributed by atoms with Gasteiger partial charge in [-0.25, -0.2) is 4.98 Å². The number of hydrogen-bond acceptors (Lipinski definition) is 4. The minimum Gasteiger partial charge on any atom is -0.363 e. The van der Waals surface area contributed by atoms with E-state index in [1.54, 1.807) is 0 Å². The molecular weight excluding hydrogens is 345 g/mol. The third-order valence-corrected chi connectivity index (χ3v) is 4.04. The maximum atomic E-state index is 6.45. The van der Waals surface area contributed by atoms with Gasteiger partial charge in [-0.3, -0.25) is 4.68 Å². The Labute approximate surface area is 155 Å². The van der Waals surface area contributed by atoms with E-state index in [9.17, 15) is 0 Å². The minimum absolute atomic E-state index is 0. The maximum Gasteiger partial charge on any atom is 0.131 e. The van der Waals surface area contributed by atoms with Crippen LogP contribution in [0.25, 0.3) is 0 Å². The minimum atomic E-state index is 0. The predicted molar refractivity (Wildman–Crippen MR) is 103 cm³/mol. The summed E-state index contributed by atoms with van der Waals surface area (Å²) in [7, 11) is 3.97. The van der Waals surface area contributed by atoms with Crippen LogP contribution in [0, 0.1) is 12.8 Å². The molecule has 0 atom stereocenters. The molecule has 2 heterocycles. The summed E-state index contributed by atoms with van der Waals surface area (Å²) in [6.45, 7) is 8.64. The van der Waals surface area contributed by atoms with E-state index in [2.05, 4.69) is 35.3 Å². The van der Waals surface area contributed by atoms with E-state index in [1.807, 2.05) is 42.9 Å². The molecule has 0 amide bonds. The van der Waals surface area contributed by atoms with E-state index in [1.165, 1.54) is 0 Å². The van der Waals surface area contributed by atoms with Crippen molar-refractivity contribution in [1.82, 2.24) is 20.1 Å². The Morgan fingerprint density at radius 2 is 1.96 bits per heavy atom. The van der Waals surface area contributed by atoms with Gasteiger partial charge in [0.2, 0.25) is 0 Å². The van der Waals surface area contributed by atoms with Gasteiger partial charge in [0, 0.05) is 45.5 Å². The summed E-state index contributed by atoms with van der Waals surface area (Å²) in [6, 6.07) is 4.11. The van der Waals surface area contributed by atoms with E-state index >= 15 is 0 Å². The van der Waals surface area contributed by atoms with Crippen molar-refractivity contribution >= 4 is 29.8 Å². The van der Waals surface area contributed by atoms with Gasteiger partial charge < -0.3 is 10.2 Å². The van der Waals surface area contributed by atoms with Crippen LogP contribution in [0.2, 0.25) is 5.15 Å². The number of rotatable bonds is 7. The Morgan fingerprint density at radius 3 is 2.50 bits per heavy atom. The number of nitrogens with one attached hydrogen (secondary N) is 1. The molecule has 0 aliphatic heterocycles. The summed E-state index contributed by atoms with van der Waals surface area (Å²) >= 11 is 6.45. The Hall–Kier alpha value is -1.30. The molecule has 0 fully saturated rings. The zero-order chi connectivity index (χ0) is 17.0. The smallest absolute Gasteiger partial charge is 0.131 e. The molecular formula is C17H27Cl2N5. The highest BCUT2D eigenvalue weighted by atomic mass is 35.5. The lowest BCUT2D eigenvalue weighted by Crippen LogP contribution is -2.15. The second kappa shape index (κ2) is 9.25. The topological polar surface area (TPSA) is 46.0 Å². The first kappa shape index (κ1) is 20.7. The van der Waals surface area contributed by atoms with Crippen molar-refractivity contribution < 1.29 is 0 Å². The molecule has 0 aromatic carbocycles. The molecule has 24 heavy (non-hydrogen) atoms. The van der Waals surface area contributed by atoms with Crippen LogP contribution in [0.3, 0.4) is 0 Å². The van der Waals surface area contributed by atoms with Crippen LogP contribution < -0.4 is 10.2 Å². The molecule has 1 N–H and O–H groups in total. The number of hydrogen-bond donors (Lipinski definition) is 1. The summed E-state index contributed by atoms with van der Waals surface area (Å²) in [5.41, 5.74) is 3.22. The van der Waals surface area contributed by atoms with Crippen molar-refractivity contribution in [2.24, 2.45) is 5.92 Å². The number of nitrogens with zero attached hydrogens (tertiary/aromatic N) is 4. The average Bonchev–Trinajstić information content (AvgIpc) is 2.74. The number of aryl methyl sites for hydroxylation is 1. The molecule has 0 aliphatic carbocycles. The molecule has 0 saturated heterocycles. The molecule has 0 aliphatic rings. The van der Waals surface area contributed by atoms with Gasteiger partial charge in [0.25, 0.3) is 0 Å². The summed E-state index contributed by atoms with van der Waals surface area (Å²) in [5.74, 6) is 1.48. The van der Waals surface area contributed by atoms with Crippen molar-refractivity contribution in [3.63, 3.8) is 0 Å². The van der Waals surface area contributed by atoms with Crippen molar-refractivity contribution in [1.29, 1.82) is 0 Å². The van der Waals surface area contributed by atoms with E-state index in [4.69, 9.17) is 11.6 Å². The van der Waals surface area contributed by atoms with Gasteiger partial charge in [-0.05, 0) is 24.5 Å². The highest BCUT2D eigenvalue weighted by molar-refractivity contribution is 6.30. The van der Waals surface area contributed by atoms with Crippen LogP contribution in [0.1, 0.15) is 30.7 Å². The molecule has 0 unspecified atom stereocenters. The second-order valence-corrected chi connectivity index (χ2v) is 6.81. The first-order chi connectivity index (χ1) is 10.9. The highest BCUT2D eigenvalue weighted by Crippen LogP contribution is 2.20. The standard InChI is InChI=1S/C17H26ClN5.ClH/c1-12(2)11-23-17(18)15(13(3)21-23)10-19-8-14-6-7-16(20-9-14)22(4)5;/h6-7,9,12,19H,8,10-11H2,1-5H3;1H. The zero-order valence-electron chi connectivity index (χ0n) is 15.0. The predicted octanol–water partition coefficient (Wildman–Crippen LogP) is 3.67. The SMILES string of the molecule is Cc1nn(CC(C)C)c(Cl)c1CNCc1ccc(N(C)C)nc1.Cl. The van der Waals surface area contributed by atoms with E-state index < -0.39 is 0 Å². The van der Waals surface area contributed by atoms with Gasteiger partial charge in [0.15, 0.2) is 0 Å². The van der Waals surface area contributed by atoms with Gasteiger partial charge in [0.05, 0.1) is 5.69 Å². The molecule has 134 valence electrons. The van der Waals surface area contributed by atoms with Crippen LogP contribution in [-0.4, -0.2) is 28.9 Å². The lowest BCUT2D eigenvalue weighted by atomic mass is 10.2. The molecule has 0 bridgehead atoms. The first-order valence-corrected chi connectivity index (χ1v) is 8.31. The number of anilines is 1. The van der Waals surface area contributed by atoms with Gasteiger partial charge in [0.1, 0.15) is 11.0 Å². The second-order valence-electron chi connectivity index (χ2n) is 6.45. The molecule has 0 spiro atoms. The molecule has 2 aromatic rings. The Morgan fingerprint density at radius 1 is 1.25 bits per heavy atom. The molecule has 2 rings (SSSR count). The first-order valence-electron chi connectivity index (χ1n) is 7.93. The van der Waals surface area contributed by atoms with Crippen molar-refractivity contribution in [3.05, 3.63) is 40.3 Å². The van der Waals surface area contributed by atoms with Crippen molar-refractivity contribution in [3.8, 4) is 0 Å². The summed E-state index contributed by atoms with van der Waals surface area (Å²) < 4.78 is 1.89. The quantitative estimate of drug-likeness (QED) is 0.806. The number of aromatic nitrogens is 3. The fourth-order valence-corrected chi connectivity index (χ4v) is 2.69. The van der Waals surface area contributed by atoms with Gasteiger partial charge >= 0.3 is 0 Å². The molecule has 0 saturated carbocycles. The van der Waals surface area contributed by atoms with Gasteiger partial charge in [-0.15, -0.1) is 12.4 Å². The van der Waals surface area contributed by atoms with E-state index in [0.29, 0.717) is 12.5 Å². The monoisotopic (exact) mass is 371 g/mol. The molecule has 2 aromatic heterocycles. The summed E-state index contributed by atoms with van der Waals surface area (Å²) in [4.78, 5) is 6.41. The highest BCUT2D eigenvalue weighted by Gasteiger charge is 2.13.